The Bertz CT molecular complexity index is 1300. The molecule has 0 radical (unpaired) electrons. The van der Waals surface area contributed by atoms with Crippen LogP contribution in [0, 0.1) is 6.92 Å². The molecule has 0 N–H and O–H groups in total. The number of fused-ring (bicyclic) bond motifs is 2. The van der Waals surface area contributed by atoms with Crippen molar-refractivity contribution in [1.82, 2.24) is 14.9 Å². The smallest absolute Gasteiger partial charge is 0.474 e. The van der Waals surface area contributed by atoms with Crippen LogP contribution in [0.4, 0.5) is 18.0 Å². The van der Waals surface area contributed by atoms with Gasteiger partial charge in [0.15, 0.2) is 0 Å². The van der Waals surface area contributed by atoms with Crippen LogP contribution in [0.2, 0.25) is 5.02 Å². The highest BCUT2D eigenvalue weighted by Crippen LogP contribution is 2.38. The van der Waals surface area contributed by atoms with E-state index < -0.39 is 26.3 Å². The molecule has 2 fully saturated rings. The molecule has 2 saturated heterocycles. The van der Waals surface area contributed by atoms with Crippen LogP contribution in [0.5, 0.6) is 17.5 Å². The van der Waals surface area contributed by atoms with E-state index >= 15 is 0 Å². The summed E-state index contributed by atoms with van der Waals surface area (Å²) in [4.78, 5) is 21.5. The lowest BCUT2D eigenvalue weighted by atomic mass is 9.92. The fourth-order valence-corrected chi connectivity index (χ4v) is 5.36. The van der Waals surface area contributed by atoms with Gasteiger partial charge in [-0.1, -0.05) is 11.6 Å². The van der Waals surface area contributed by atoms with Gasteiger partial charge in [0.1, 0.15) is 18.2 Å². The van der Waals surface area contributed by atoms with E-state index in [-0.39, 0.29) is 46.8 Å². The highest BCUT2D eigenvalue weighted by Gasteiger charge is 2.47. The molecule has 10 nitrogen and oxygen atoms in total. The van der Waals surface area contributed by atoms with Crippen molar-refractivity contribution in [3.8, 4) is 17.5 Å². The maximum atomic E-state index is 12.8. The third kappa shape index (κ3) is 5.76. The number of alkyl halides is 3. The first kappa shape index (κ1) is 28.2. The van der Waals surface area contributed by atoms with Gasteiger partial charge in [-0.25, -0.2) is 23.2 Å². The Morgan fingerprint density at radius 3 is 2.37 bits per heavy atom. The Morgan fingerprint density at radius 2 is 1.79 bits per heavy atom. The number of ether oxygens (including phenoxy) is 4. The predicted molar refractivity (Wildman–Crippen MR) is 127 cm³/mol. The summed E-state index contributed by atoms with van der Waals surface area (Å²) in [5, 5.41) is -0.357. The molecular formula is C23H25ClF3N3O7S. The number of sulfone groups is 1. The van der Waals surface area contributed by atoms with Gasteiger partial charge < -0.3 is 18.9 Å². The van der Waals surface area contributed by atoms with Gasteiger partial charge in [0.2, 0.25) is 11.8 Å². The lowest BCUT2D eigenvalue weighted by Gasteiger charge is -2.47. The minimum Gasteiger partial charge on any atom is -0.474 e. The van der Waals surface area contributed by atoms with Crippen LogP contribution in [0.25, 0.3) is 0 Å². The molecular weight excluding hydrogens is 555 g/mol. The second-order valence-electron chi connectivity index (χ2n) is 9.15. The molecule has 2 aliphatic heterocycles. The monoisotopic (exact) mass is 579 g/mol. The third-order valence-corrected chi connectivity index (χ3v) is 7.80. The molecule has 1 amide bonds. The fourth-order valence-electron chi connectivity index (χ4n) is 4.29. The highest BCUT2D eigenvalue weighted by atomic mass is 35.5. The number of morpholine rings is 1. The number of rotatable bonds is 6. The van der Waals surface area contributed by atoms with Crippen molar-refractivity contribution in [3.05, 3.63) is 35.1 Å². The van der Waals surface area contributed by atoms with Gasteiger partial charge in [0, 0.05) is 12.8 Å². The van der Waals surface area contributed by atoms with Crippen LogP contribution in [-0.2, 0) is 19.3 Å². The first-order valence-electron chi connectivity index (χ1n) is 11.6. The van der Waals surface area contributed by atoms with E-state index in [1.807, 2.05) is 0 Å². The van der Waals surface area contributed by atoms with E-state index in [9.17, 15) is 26.4 Å². The molecule has 2 unspecified atom stereocenters. The van der Waals surface area contributed by atoms with Gasteiger partial charge in [-0.3, -0.25) is 4.90 Å². The van der Waals surface area contributed by atoms with E-state index in [0.29, 0.717) is 37.7 Å². The summed E-state index contributed by atoms with van der Waals surface area (Å²) >= 11 is 6.02. The molecule has 0 spiro atoms. The van der Waals surface area contributed by atoms with E-state index in [0.717, 1.165) is 12.1 Å². The second-order valence-corrected chi connectivity index (χ2v) is 11.5. The summed E-state index contributed by atoms with van der Waals surface area (Å²) in [6.07, 6.45) is 1.20. The van der Waals surface area contributed by atoms with E-state index in [1.54, 1.807) is 25.7 Å². The molecule has 0 aliphatic carbocycles. The molecule has 1 aromatic heterocycles. The summed E-state index contributed by atoms with van der Waals surface area (Å²) in [5.74, 6) is 0.124. The lowest BCUT2D eigenvalue weighted by Crippen LogP contribution is -2.61. The fraction of sp³-hybridized carbons (Fsp3) is 0.522. The number of halogens is 4. The Balaban J connectivity index is 1.48. The number of nitrogens with zero attached hydrogens (tertiary/aromatic N) is 3. The minimum atomic E-state index is -5.57. The minimum absolute atomic E-state index is 0.0183. The van der Waals surface area contributed by atoms with Gasteiger partial charge in [-0.15, -0.1) is 0 Å². The normalized spacial score (nSPS) is 21.8. The number of hydrogen-bond donors (Lipinski definition) is 0. The molecule has 2 bridgehead atoms. The van der Waals surface area contributed by atoms with Gasteiger partial charge in [0.25, 0.3) is 9.84 Å². The summed E-state index contributed by atoms with van der Waals surface area (Å²) in [6, 6.07) is 1.95. The van der Waals surface area contributed by atoms with Crippen molar-refractivity contribution >= 4 is 27.5 Å². The van der Waals surface area contributed by atoms with Crippen molar-refractivity contribution in [2.75, 3.05) is 13.2 Å². The Labute approximate surface area is 221 Å². The van der Waals surface area contributed by atoms with Gasteiger partial charge in [-0.05, 0) is 39.0 Å². The molecule has 2 aliphatic rings. The van der Waals surface area contributed by atoms with Crippen molar-refractivity contribution < 1.29 is 45.3 Å². The first-order valence-corrected chi connectivity index (χ1v) is 13.5. The zero-order chi connectivity index (χ0) is 27.8. The Hall–Kier alpha value is -2.84. The number of aromatic nitrogens is 2. The van der Waals surface area contributed by atoms with Crippen molar-refractivity contribution in [3.63, 3.8) is 0 Å². The molecule has 0 saturated carbocycles. The molecule has 2 aromatic rings. The largest absolute Gasteiger partial charge is 0.501 e. The standard InChI is InChI=1S/C23H25ClF3N3O7S/c1-12(2)35-22(31)30-14-6-16(7-15(30)10-34-9-14)36-20-13(3)21(29-11-28-20)37-19-5-4-17(8-18(19)24)38(32,33)23(25,26)27/h4-5,8,11-12,14-16H,6-7,9-10H2,1-3H3. The third-order valence-electron chi connectivity index (χ3n) is 6.02. The number of amides is 1. The average molecular weight is 580 g/mol. The van der Waals surface area contributed by atoms with Crippen LogP contribution < -0.4 is 9.47 Å². The molecule has 3 heterocycles. The van der Waals surface area contributed by atoms with E-state index in [2.05, 4.69) is 9.97 Å². The van der Waals surface area contributed by atoms with E-state index in [1.165, 1.54) is 6.33 Å². The molecule has 1 aromatic carbocycles. The van der Waals surface area contributed by atoms with Crippen molar-refractivity contribution in [2.45, 2.75) is 68.3 Å². The Kier molecular flexibility index (Phi) is 7.96. The Morgan fingerprint density at radius 1 is 1.16 bits per heavy atom. The lowest BCUT2D eigenvalue weighted by molar-refractivity contribution is -0.0934. The summed E-state index contributed by atoms with van der Waals surface area (Å²) in [5.41, 5.74) is -5.08. The molecule has 15 heteroatoms. The maximum absolute atomic E-state index is 12.8. The van der Waals surface area contributed by atoms with E-state index in [4.69, 9.17) is 30.5 Å². The number of benzene rings is 1. The van der Waals surface area contributed by atoms with Gasteiger partial charge in [-0.2, -0.15) is 13.2 Å². The predicted octanol–water partition coefficient (Wildman–Crippen LogP) is 4.68. The van der Waals surface area contributed by atoms with Crippen LogP contribution in [0.15, 0.2) is 29.4 Å². The van der Waals surface area contributed by atoms with Crippen LogP contribution in [0.3, 0.4) is 0 Å². The first-order chi connectivity index (χ1) is 17.8. The number of carbonyl (C=O) groups excluding carboxylic acids is 1. The SMILES string of the molecule is Cc1c(Oc2ccc(S(=O)(=O)C(F)(F)F)cc2Cl)ncnc1OC1CC2COCC(C1)N2C(=O)OC(C)C. The van der Waals surface area contributed by atoms with Crippen LogP contribution >= 0.6 is 11.6 Å². The number of hydrogen-bond acceptors (Lipinski definition) is 9. The average Bonchev–Trinajstić information content (AvgIpc) is 2.81. The number of carbonyl (C=O) groups is 1. The number of piperidine rings is 1. The summed E-state index contributed by atoms with van der Waals surface area (Å²) in [7, 11) is -5.57. The van der Waals surface area contributed by atoms with Gasteiger partial charge >= 0.3 is 11.6 Å². The maximum Gasteiger partial charge on any atom is 0.501 e. The van der Waals surface area contributed by atoms with Crippen molar-refractivity contribution in [2.24, 2.45) is 0 Å². The molecule has 208 valence electrons. The quantitative estimate of drug-likeness (QED) is 0.481. The zero-order valence-corrected chi connectivity index (χ0v) is 22.1. The van der Waals surface area contributed by atoms with Crippen LogP contribution in [-0.4, -0.2) is 72.4 Å². The zero-order valence-electron chi connectivity index (χ0n) is 20.6. The summed E-state index contributed by atoms with van der Waals surface area (Å²) < 4.78 is 84.6. The molecule has 4 rings (SSSR count). The molecule has 2 atom stereocenters. The van der Waals surface area contributed by atoms with Crippen LogP contribution in [0.1, 0.15) is 32.3 Å². The second kappa shape index (κ2) is 10.7. The van der Waals surface area contributed by atoms with Crippen molar-refractivity contribution in [1.29, 1.82) is 0 Å². The topological polar surface area (TPSA) is 117 Å². The summed E-state index contributed by atoms with van der Waals surface area (Å²) in [6.45, 7) is 5.88. The van der Waals surface area contributed by atoms with Gasteiger partial charge in [0.05, 0.1) is 46.9 Å². The molecule has 38 heavy (non-hydrogen) atoms. The highest BCUT2D eigenvalue weighted by molar-refractivity contribution is 7.92.